The molecule has 0 spiro atoms. The van der Waals surface area contributed by atoms with Crippen LogP contribution in [0.2, 0.25) is 0 Å². The van der Waals surface area contributed by atoms with E-state index in [1.54, 1.807) is 24.3 Å². The summed E-state index contributed by atoms with van der Waals surface area (Å²) in [7, 11) is 1.52. The number of amides is 2. The molecule has 0 radical (unpaired) electrons. The maximum atomic E-state index is 12.0. The number of aromatic nitrogens is 4. The van der Waals surface area contributed by atoms with E-state index in [9.17, 15) is 19.7 Å². The van der Waals surface area contributed by atoms with E-state index >= 15 is 0 Å². The van der Waals surface area contributed by atoms with Crippen molar-refractivity contribution in [3.63, 3.8) is 0 Å². The first-order chi connectivity index (χ1) is 14.5. The van der Waals surface area contributed by atoms with Gasteiger partial charge in [0, 0.05) is 17.7 Å². The molecule has 0 atom stereocenters. The lowest BCUT2D eigenvalue weighted by atomic mass is 10.2. The van der Waals surface area contributed by atoms with Crippen LogP contribution in [0, 0.1) is 10.1 Å². The summed E-state index contributed by atoms with van der Waals surface area (Å²) in [6.45, 7) is 0. The van der Waals surface area contributed by atoms with E-state index in [1.807, 2.05) is 0 Å². The third-order valence-electron chi connectivity index (χ3n) is 3.74. The largest absolute Gasteiger partial charge is 0.494 e. The quantitative estimate of drug-likeness (QED) is 0.319. The molecule has 0 aliphatic rings. The minimum atomic E-state index is -0.609. The molecule has 1 heterocycles. The van der Waals surface area contributed by atoms with E-state index in [0.29, 0.717) is 16.6 Å². The molecule has 0 aliphatic carbocycles. The lowest BCUT2D eigenvalue weighted by molar-refractivity contribution is -0.384. The number of nitrogens with one attached hydrogen (secondary N) is 2. The molecule has 2 aromatic carbocycles. The molecule has 2 amide bonds. The molecule has 13 heteroatoms. The average molecular weight is 429 g/mol. The standard InChI is InChI=1S/C17H15N7O5S/c1-29-14-5-3-2-4-13(14)23-17(20-21-22-23)30-10-15(25)18-19-16(26)11-6-8-12(9-7-11)24(27)28/h2-9H,10H2,1H3,(H,18,25)(H,19,26). The van der Waals surface area contributed by atoms with Crippen LogP contribution in [0.25, 0.3) is 5.69 Å². The maximum Gasteiger partial charge on any atom is 0.269 e. The molecule has 0 unspecified atom stereocenters. The number of methoxy groups -OCH3 is 1. The Kier molecular flexibility index (Phi) is 6.54. The van der Waals surface area contributed by atoms with Crippen LogP contribution >= 0.6 is 11.8 Å². The number of para-hydroxylation sites is 2. The van der Waals surface area contributed by atoms with E-state index in [1.165, 1.54) is 36.1 Å². The van der Waals surface area contributed by atoms with Crippen molar-refractivity contribution in [1.29, 1.82) is 0 Å². The van der Waals surface area contributed by atoms with Crippen molar-refractivity contribution in [3.8, 4) is 11.4 Å². The molecule has 2 N–H and O–H groups in total. The van der Waals surface area contributed by atoms with Crippen LogP contribution in [0.1, 0.15) is 10.4 Å². The number of carbonyl (C=O) groups excluding carboxylic acids is 2. The minimum Gasteiger partial charge on any atom is -0.494 e. The first-order valence-electron chi connectivity index (χ1n) is 8.38. The molecule has 1 aromatic heterocycles. The normalized spacial score (nSPS) is 10.3. The third kappa shape index (κ3) is 4.88. The molecule has 0 saturated carbocycles. The number of tetrazole rings is 1. The molecule has 0 fully saturated rings. The van der Waals surface area contributed by atoms with Crippen LogP contribution < -0.4 is 15.6 Å². The average Bonchev–Trinajstić information content (AvgIpc) is 3.24. The second kappa shape index (κ2) is 9.47. The Morgan fingerprint density at radius 3 is 2.60 bits per heavy atom. The van der Waals surface area contributed by atoms with Gasteiger partial charge in [-0.3, -0.25) is 30.6 Å². The van der Waals surface area contributed by atoms with E-state index in [0.717, 1.165) is 11.8 Å². The van der Waals surface area contributed by atoms with Crippen LogP contribution in [0.5, 0.6) is 5.75 Å². The highest BCUT2D eigenvalue weighted by Crippen LogP contribution is 2.25. The van der Waals surface area contributed by atoms with Gasteiger partial charge in [0.15, 0.2) is 0 Å². The van der Waals surface area contributed by atoms with Gasteiger partial charge in [-0.15, -0.1) is 5.10 Å². The highest BCUT2D eigenvalue weighted by molar-refractivity contribution is 7.99. The highest BCUT2D eigenvalue weighted by Gasteiger charge is 2.15. The maximum absolute atomic E-state index is 12.0. The van der Waals surface area contributed by atoms with Crippen molar-refractivity contribution in [3.05, 3.63) is 64.2 Å². The van der Waals surface area contributed by atoms with Crippen LogP contribution in [0.15, 0.2) is 53.7 Å². The van der Waals surface area contributed by atoms with Gasteiger partial charge >= 0.3 is 0 Å². The Hall–Kier alpha value is -4.00. The van der Waals surface area contributed by atoms with Gasteiger partial charge < -0.3 is 4.74 Å². The summed E-state index contributed by atoms with van der Waals surface area (Å²) < 4.78 is 6.72. The zero-order chi connectivity index (χ0) is 21.5. The molecule has 154 valence electrons. The van der Waals surface area contributed by atoms with Crippen molar-refractivity contribution in [2.45, 2.75) is 5.16 Å². The topological polar surface area (TPSA) is 154 Å². The summed E-state index contributed by atoms with van der Waals surface area (Å²) in [5.41, 5.74) is 5.14. The first kappa shape index (κ1) is 20.7. The fraction of sp³-hybridized carbons (Fsp3) is 0.118. The van der Waals surface area contributed by atoms with E-state index in [4.69, 9.17) is 4.74 Å². The van der Waals surface area contributed by atoms with Crippen LogP contribution in [0.3, 0.4) is 0 Å². The Balaban J connectivity index is 1.55. The molecule has 0 saturated heterocycles. The van der Waals surface area contributed by atoms with E-state index < -0.39 is 16.7 Å². The van der Waals surface area contributed by atoms with Crippen molar-refractivity contribution >= 4 is 29.3 Å². The monoisotopic (exact) mass is 429 g/mol. The summed E-state index contributed by atoms with van der Waals surface area (Å²) in [4.78, 5) is 34.1. The number of ether oxygens (including phenoxy) is 1. The van der Waals surface area contributed by atoms with Gasteiger partial charge in [-0.05, 0) is 34.7 Å². The summed E-state index contributed by atoms with van der Waals surface area (Å²) >= 11 is 1.06. The number of hydrogen-bond acceptors (Lipinski definition) is 9. The lowest BCUT2D eigenvalue weighted by Crippen LogP contribution is -2.42. The van der Waals surface area contributed by atoms with Crippen molar-refractivity contribution in [2.75, 3.05) is 12.9 Å². The molecule has 0 aliphatic heterocycles. The molecule has 12 nitrogen and oxygen atoms in total. The molecule has 0 bridgehead atoms. The number of thioether (sulfide) groups is 1. The number of nitrogens with zero attached hydrogens (tertiary/aromatic N) is 5. The number of benzene rings is 2. The Morgan fingerprint density at radius 2 is 1.90 bits per heavy atom. The molecule has 30 heavy (non-hydrogen) atoms. The van der Waals surface area contributed by atoms with Crippen molar-refractivity contribution in [1.82, 2.24) is 31.1 Å². The van der Waals surface area contributed by atoms with Gasteiger partial charge in [-0.25, -0.2) is 0 Å². The number of carbonyl (C=O) groups is 2. The lowest BCUT2D eigenvalue weighted by Gasteiger charge is -2.09. The molecular formula is C17H15N7O5S. The number of nitro groups is 1. The minimum absolute atomic E-state index is 0.0733. The summed E-state index contributed by atoms with van der Waals surface area (Å²) in [6.07, 6.45) is 0. The van der Waals surface area contributed by atoms with Gasteiger partial charge in [-0.2, -0.15) is 4.68 Å². The smallest absolute Gasteiger partial charge is 0.269 e. The zero-order valence-electron chi connectivity index (χ0n) is 15.5. The predicted molar refractivity (Wildman–Crippen MR) is 105 cm³/mol. The van der Waals surface area contributed by atoms with Gasteiger partial charge in [0.1, 0.15) is 11.4 Å². The van der Waals surface area contributed by atoms with Crippen LogP contribution in [0.4, 0.5) is 5.69 Å². The second-order valence-corrected chi connectivity index (χ2v) is 6.58. The Bertz CT molecular complexity index is 1070. The van der Waals surface area contributed by atoms with Crippen molar-refractivity contribution in [2.24, 2.45) is 0 Å². The van der Waals surface area contributed by atoms with E-state index in [-0.39, 0.29) is 17.0 Å². The summed E-state index contributed by atoms with van der Waals surface area (Å²) in [6, 6.07) is 12.1. The fourth-order valence-corrected chi connectivity index (χ4v) is 3.01. The van der Waals surface area contributed by atoms with Gasteiger partial charge in [0.2, 0.25) is 11.1 Å². The van der Waals surface area contributed by atoms with E-state index in [2.05, 4.69) is 26.4 Å². The van der Waals surface area contributed by atoms with Crippen LogP contribution in [-0.4, -0.2) is 49.8 Å². The first-order valence-corrected chi connectivity index (χ1v) is 9.36. The molecule has 3 aromatic rings. The number of nitro benzene ring substituents is 1. The van der Waals surface area contributed by atoms with Crippen molar-refractivity contribution < 1.29 is 19.2 Å². The third-order valence-corrected chi connectivity index (χ3v) is 4.66. The number of hydrazine groups is 1. The molecule has 3 rings (SSSR count). The fourth-order valence-electron chi connectivity index (χ4n) is 2.32. The second-order valence-electron chi connectivity index (χ2n) is 5.64. The SMILES string of the molecule is COc1ccccc1-n1nnnc1SCC(=O)NNC(=O)c1ccc([N+](=O)[O-])cc1. The number of hydrogen-bond donors (Lipinski definition) is 2. The van der Waals surface area contributed by atoms with Crippen LogP contribution in [-0.2, 0) is 4.79 Å². The summed E-state index contributed by atoms with van der Waals surface area (Å²) in [5.74, 6) is -0.616. The predicted octanol–water partition coefficient (Wildman–Crippen LogP) is 1.13. The number of rotatable bonds is 7. The zero-order valence-corrected chi connectivity index (χ0v) is 16.3. The van der Waals surface area contributed by atoms with Gasteiger partial charge in [0.05, 0.1) is 17.8 Å². The highest BCUT2D eigenvalue weighted by atomic mass is 32.2. The number of non-ortho nitro benzene ring substituents is 1. The Morgan fingerprint density at radius 1 is 1.17 bits per heavy atom. The van der Waals surface area contributed by atoms with Gasteiger partial charge in [-0.1, -0.05) is 23.9 Å². The Labute approximate surface area is 173 Å². The van der Waals surface area contributed by atoms with Gasteiger partial charge in [0.25, 0.3) is 11.6 Å². The molecular weight excluding hydrogens is 414 g/mol. The summed E-state index contributed by atoms with van der Waals surface area (Å²) in [5, 5.41) is 22.4.